The van der Waals surface area contributed by atoms with Crippen LogP contribution in [0, 0.1) is 12.7 Å². The molecule has 1 N–H and O–H groups in total. The van der Waals surface area contributed by atoms with Crippen molar-refractivity contribution in [3.8, 4) is 0 Å². The van der Waals surface area contributed by atoms with Gasteiger partial charge >= 0.3 is 5.97 Å². The third kappa shape index (κ3) is 4.74. The largest absolute Gasteiger partial charge is 0.462 e. The molecule has 0 saturated carbocycles. The van der Waals surface area contributed by atoms with Crippen molar-refractivity contribution in [3.63, 3.8) is 0 Å². The highest BCUT2D eigenvalue weighted by Crippen LogP contribution is 2.33. The van der Waals surface area contributed by atoms with Crippen molar-refractivity contribution < 1.29 is 18.7 Å². The van der Waals surface area contributed by atoms with E-state index in [1.807, 2.05) is 19.9 Å². The number of piperidine rings is 1. The second-order valence-electron chi connectivity index (χ2n) is 8.80. The fourth-order valence-corrected chi connectivity index (χ4v) is 4.85. The van der Waals surface area contributed by atoms with Crippen molar-refractivity contribution in [3.05, 3.63) is 34.6 Å². The molecule has 32 heavy (non-hydrogen) atoms. The first kappa shape index (κ1) is 22.9. The number of nitrogens with zero attached hydrogens (tertiary/aromatic N) is 2. The van der Waals surface area contributed by atoms with Gasteiger partial charge in [0.15, 0.2) is 0 Å². The zero-order valence-electron chi connectivity index (χ0n) is 19.4. The predicted molar refractivity (Wildman–Crippen MR) is 124 cm³/mol. The monoisotopic (exact) mass is 443 g/mol. The number of aromatic nitrogens is 1. The van der Waals surface area contributed by atoms with Crippen molar-refractivity contribution in [2.45, 2.75) is 65.0 Å². The highest BCUT2D eigenvalue weighted by Gasteiger charge is 2.29. The summed E-state index contributed by atoms with van der Waals surface area (Å²) in [6.45, 7) is 9.12. The average molecular weight is 444 g/mol. The maximum atomic E-state index is 14.9. The van der Waals surface area contributed by atoms with E-state index >= 15 is 0 Å². The molecule has 0 atom stereocenters. The van der Waals surface area contributed by atoms with Crippen molar-refractivity contribution in [2.75, 3.05) is 37.8 Å². The number of pyridine rings is 1. The molecular weight excluding hydrogens is 409 g/mol. The van der Waals surface area contributed by atoms with Crippen molar-refractivity contribution in [1.82, 2.24) is 10.3 Å². The van der Waals surface area contributed by atoms with Crippen LogP contribution >= 0.6 is 0 Å². The number of aryl methyl sites for hydroxylation is 2. The van der Waals surface area contributed by atoms with Crippen LogP contribution in [0.1, 0.15) is 61.0 Å². The van der Waals surface area contributed by atoms with E-state index in [0.717, 1.165) is 69.5 Å². The third-order valence-electron chi connectivity index (χ3n) is 6.72. The molecule has 174 valence electrons. The van der Waals surface area contributed by atoms with Crippen LogP contribution in [0.25, 0.3) is 10.9 Å². The number of halogens is 1. The number of carbonyl (C=O) groups excluding carboxylic acids is 1. The van der Waals surface area contributed by atoms with Gasteiger partial charge in [-0.05, 0) is 69.2 Å². The lowest BCUT2D eigenvalue weighted by Crippen LogP contribution is -2.48. The first-order valence-electron chi connectivity index (χ1n) is 11.9. The molecule has 1 aromatic heterocycles. The van der Waals surface area contributed by atoms with Crippen LogP contribution < -0.4 is 10.2 Å². The summed E-state index contributed by atoms with van der Waals surface area (Å²) in [4.78, 5) is 19.7. The Balaban J connectivity index is 1.63. The number of carbonyl (C=O) groups is 1. The summed E-state index contributed by atoms with van der Waals surface area (Å²) >= 11 is 0. The van der Waals surface area contributed by atoms with Crippen LogP contribution in [-0.4, -0.2) is 55.9 Å². The smallest absolute Gasteiger partial charge is 0.342 e. The van der Waals surface area contributed by atoms with Gasteiger partial charge in [-0.1, -0.05) is 6.92 Å². The van der Waals surface area contributed by atoms with Crippen LogP contribution in [0.4, 0.5) is 10.2 Å². The Morgan fingerprint density at radius 1 is 1.19 bits per heavy atom. The Morgan fingerprint density at radius 2 is 1.88 bits per heavy atom. The molecule has 4 rings (SSSR count). The van der Waals surface area contributed by atoms with Crippen LogP contribution in [0.5, 0.6) is 0 Å². The maximum absolute atomic E-state index is 14.9. The molecule has 0 bridgehead atoms. The van der Waals surface area contributed by atoms with Gasteiger partial charge in [0.05, 0.1) is 6.61 Å². The van der Waals surface area contributed by atoms with E-state index in [2.05, 4.69) is 10.2 Å². The summed E-state index contributed by atoms with van der Waals surface area (Å²) in [6, 6.07) is 4.44. The fourth-order valence-electron chi connectivity index (χ4n) is 4.85. The molecule has 7 heteroatoms. The average Bonchev–Trinajstić information content (AvgIpc) is 2.80. The lowest BCUT2D eigenvalue weighted by Gasteiger charge is -2.37. The second-order valence-corrected chi connectivity index (χ2v) is 8.80. The van der Waals surface area contributed by atoms with Crippen LogP contribution in [0.15, 0.2) is 12.1 Å². The molecule has 0 radical (unpaired) electrons. The SMILES string of the molecule is CCOC(=O)c1c(N2CCC(NC3CCOCC3)CC2)nc2c(F)cc(CC)cc2c1C. The highest BCUT2D eigenvalue weighted by atomic mass is 19.1. The number of nitrogens with one attached hydrogen (secondary N) is 1. The molecule has 0 aliphatic carbocycles. The molecule has 2 aliphatic heterocycles. The van der Waals surface area contributed by atoms with Gasteiger partial charge in [-0.2, -0.15) is 0 Å². The number of anilines is 1. The number of hydrogen-bond acceptors (Lipinski definition) is 6. The maximum Gasteiger partial charge on any atom is 0.342 e. The first-order valence-corrected chi connectivity index (χ1v) is 11.9. The molecule has 2 aromatic rings. The molecule has 3 heterocycles. The lowest BCUT2D eigenvalue weighted by atomic mass is 9.98. The van der Waals surface area contributed by atoms with E-state index in [4.69, 9.17) is 14.5 Å². The first-order chi connectivity index (χ1) is 15.5. The van der Waals surface area contributed by atoms with Crippen molar-refractivity contribution >= 4 is 22.7 Å². The van der Waals surface area contributed by atoms with E-state index in [9.17, 15) is 9.18 Å². The van der Waals surface area contributed by atoms with Gasteiger partial charge in [0.2, 0.25) is 0 Å². The quantitative estimate of drug-likeness (QED) is 0.677. The van der Waals surface area contributed by atoms with Gasteiger partial charge in [-0.25, -0.2) is 14.2 Å². The number of ether oxygens (including phenoxy) is 2. The van der Waals surface area contributed by atoms with Gasteiger partial charge < -0.3 is 19.7 Å². The fraction of sp³-hybridized carbons (Fsp3) is 0.600. The highest BCUT2D eigenvalue weighted by molar-refractivity contribution is 6.02. The number of rotatable bonds is 6. The summed E-state index contributed by atoms with van der Waals surface area (Å²) in [6.07, 6.45) is 4.73. The molecule has 2 aliphatic rings. The zero-order chi connectivity index (χ0) is 22.7. The minimum atomic E-state index is -0.390. The van der Waals surface area contributed by atoms with E-state index in [1.54, 1.807) is 13.0 Å². The van der Waals surface area contributed by atoms with Gasteiger partial charge in [-0.3, -0.25) is 0 Å². The van der Waals surface area contributed by atoms with E-state index in [1.165, 1.54) is 0 Å². The van der Waals surface area contributed by atoms with Gasteiger partial charge in [0.25, 0.3) is 0 Å². The summed E-state index contributed by atoms with van der Waals surface area (Å²) in [7, 11) is 0. The summed E-state index contributed by atoms with van der Waals surface area (Å²) in [5, 5.41) is 4.46. The Hall–Kier alpha value is -2.25. The third-order valence-corrected chi connectivity index (χ3v) is 6.72. The van der Waals surface area contributed by atoms with Gasteiger partial charge in [0, 0.05) is 43.8 Å². The van der Waals surface area contributed by atoms with Gasteiger partial charge in [-0.15, -0.1) is 0 Å². The number of esters is 1. The minimum Gasteiger partial charge on any atom is -0.462 e. The Bertz CT molecular complexity index is 967. The summed E-state index contributed by atoms with van der Waals surface area (Å²) in [5.41, 5.74) is 2.41. The molecule has 2 fully saturated rings. The normalized spacial score (nSPS) is 18.3. The molecule has 6 nitrogen and oxygen atoms in total. The lowest BCUT2D eigenvalue weighted by molar-refractivity contribution is 0.0526. The number of hydrogen-bond donors (Lipinski definition) is 1. The Morgan fingerprint density at radius 3 is 2.53 bits per heavy atom. The zero-order valence-corrected chi connectivity index (χ0v) is 19.4. The summed E-state index contributed by atoms with van der Waals surface area (Å²) < 4.78 is 25.8. The molecule has 2 saturated heterocycles. The van der Waals surface area contributed by atoms with Crippen molar-refractivity contribution in [2.24, 2.45) is 0 Å². The molecule has 0 spiro atoms. The molecule has 0 unspecified atom stereocenters. The van der Waals surface area contributed by atoms with E-state index in [-0.39, 0.29) is 18.4 Å². The topological polar surface area (TPSA) is 63.7 Å². The standard InChI is InChI=1S/C25H34FN3O3/c1-4-17-14-20-16(3)22(25(30)32-5-2)24(28-23(20)21(26)15-17)29-10-6-18(7-11-29)27-19-8-12-31-13-9-19/h14-15,18-19,27H,4-13H2,1-3H3. The molecular formula is C25H34FN3O3. The molecule has 0 amide bonds. The van der Waals surface area contributed by atoms with Crippen molar-refractivity contribution in [1.29, 1.82) is 0 Å². The van der Waals surface area contributed by atoms with Gasteiger partial charge in [0.1, 0.15) is 22.7 Å². The summed E-state index contributed by atoms with van der Waals surface area (Å²) in [5.74, 6) is -0.185. The van der Waals surface area contributed by atoms with Crippen LogP contribution in [0.3, 0.4) is 0 Å². The minimum absolute atomic E-state index is 0.288. The predicted octanol–water partition coefficient (Wildman–Crippen LogP) is 4.16. The number of benzene rings is 1. The Kier molecular flexibility index (Phi) is 7.26. The molecule has 1 aromatic carbocycles. The Labute approximate surface area is 189 Å². The van der Waals surface area contributed by atoms with E-state index < -0.39 is 0 Å². The number of fused-ring (bicyclic) bond motifs is 1. The second kappa shape index (κ2) is 10.1. The van der Waals surface area contributed by atoms with Crippen LogP contribution in [0.2, 0.25) is 0 Å². The van der Waals surface area contributed by atoms with E-state index in [0.29, 0.717) is 34.4 Å². The van der Waals surface area contributed by atoms with Crippen LogP contribution in [-0.2, 0) is 15.9 Å².